The van der Waals surface area contributed by atoms with E-state index in [2.05, 4.69) is 12.2 Å². The summed E-state index contributed by atoms with van der Waals surface area (Å²) in [6, 6.07) is 0.823. The van der Waals surface area contributed by atoms with Gasteiger partial charge in [-0.1, -0.05) is 6.92 Å². The number of rotatable bonds is 3. The average molecular weight is 252 g/mol. The van der Waals surface area contributed by atoms with Crippen LogP contribution in [0.15, 0.2) is 0 Å². The molecule has 0 spiro atoms. The molecule has 2 rings (SSSR count). The molecule has 0 aromatic carbocycles. The summed E-state index contributed by atoms with van der Waals surface area (Å²) in [7, 11) is 0. The first-order valence-corrected chi connectivity index (χ1v) is 7.68. The highest BCUT2D eigenvalue weighted by Crippen LogP contribution is 2.27. The van der Waals surface area contributed by atoms with Crippen molar-refractivity contribution in [2.75, 3.05) is 0 Å². The van der Waals surface area contributed by atoms with Gasteiger partial charge in [0.05, 0.1) is 0 Å². The normalized spacial score (nSPS) is 37.2. The van der Waals surface area contributed by atoms with Crippen molar-refractivity contribution in [3.05, 3.63) is 0 Å². The summed E-state index contributed by atoms with van der Waals surface area (Å²) in [5.74, 6) is 1.69. The molecule has 0 aromatic heterocycles. The van der Waals surface area contributed by atoms with Crippen molar-refractivity contribution in [1.82, 2.24) is 5.32 Å². The first-order chi connectivity index (χ1) is 8.63. The Balaban J connectivity index is 1.66. The molecule has 0 aromatic rings. The number of nitrogens with two attached hydrogens (primary N) is 1. The number of carbonyl (C=O) groups is 1. The van der Waals surface area contributed by atoms with Crippen LogP contribution in [-0.4, -0.2) is 18.0 Å². The van der Waals surface area contributed by atoms with E-state index in [4.69, 9.17) is 5.73 Å². The molecule has 104 valence electrons. The van der Waals surface area contributed by atoms with E-state index in [-0.39, 0.29) is 5.91 Å². The minimum Gasteiger partial charge on any atom is -0.353 e. The van der Waals surface area contributed by atoms with Gasteiger partial charge in [-0.2, -0.15) is 0 Å². The minimum atomic E-state index is 0.273. The zero-order valence-corrected chi connectivity index (χ0v) is 11.7. The molecule has 3 N–H and O–H groups in total. The lowest BCUT2D eigenvalue weighted by molar-refractivity contribution is -0.123. The Hall–Kier alpha value is -0.570. The maximum Gasteiger partial charge on any atom is 0.220 e. The molecule has 0 unspecified atom stereocenters. The highest BCUT2D eigenvalue weighted by atomic mass is 16.1. The molecular formula is C15H28N2O. The number of hydrogen-bond acceptors (Lipinski definition) is 2. The predicted octanol–water partition coefficient (Wildman–Crippen LogP) is 2.59. The molecule has 1 amide bonds. The number of carbonyl (C=O) groups excluding carboxylic acids is 1. The molecule has 2 aliphatic rings. The molecule has 2 fully saturated rings. The van der Waals surface area contributed by atoms with Gasteiger partial charge in [0, 0.05) is 18.5 Å². The largest absolute Gasteiger partial charge is 0.353 e. The second-order valence-electron chi connectivity index (χ2n) is 6.51. The molecule has 2 saturated carbocycles. The van der Waals surface area contributed by atoms with Crippen LogP contribution in [0.3, 0.4) is 0 Å². The highest BCUT2D eigenvalue weighted by molar-refractivity contribution is 5.76. The molecule has 2 aliphatic carbocycles. The monoisotopic (exact) mass is 252 g/mol. The maximum atomic E-state index is 12.0. The van der Waals surface area contributed by atoms with Crippen LogP contribution in [0, 0.1) is 11.8 Å². The van der Waals surface area contributed by atoms with Crippen LogP contribution in [0.25, 0.3) is 0 Å². The van der Waals surface area contributed by atoms with E-state index in [0.29, 0.717) is 18.0 Å². The number of amides is 1. The molecule has 0 atom stereocenters. The maximum absolute atomic E-state index is 12.0. The third-order valence-corrected chi connectivity index (χ3v) is 4.75. The smallest absolute Gasteiger partial charge is 0.220 e. The van der Waals surface area contributed by atoms with E-state index in [1.54, 1.807) is 0 Å². The third-order valence-electron chi connectivity index (χ3n) is 4.75. The van der Waals surface area contributed by atoms with E-state index in [1.165, 1.54) is 25.7 Å². The summed E-state index contributed by atoms with van der Waals surface area (Å²) < 4.78 is 0. The molecule has 0 bridgehead atoms. The fourth-order valence-electron chi connectivity index (χ4n) is 3.35. The Labute approximate surface area is 111 Å². The fraction of sp³-hybridized carbons (Fsp3) is 0.933. The molecule has 0 radical (unpaired) electrons. The van der Waals surface area contributed by atoms with Crippen LogP contribution in [-0.2, 0) is 4.79 Å². The van der Waals surface area contributed by atoms with Crippen molar-refractivity contribution >= 4 is 5.91 Å². The Bertz CT molecular complexity index is 238. The lowest BCUT2D eigenvalue weighted by atomic mass is 9.84. The minimum absolute atomic E-state index is 0.273. The van der Waals surface area contributed by atoms with Crippen molar-refractivity contribution in [3.63, 3.8) is 0 Å². The van der Waals surface area contributed by atoms with E-state index < -0.39 is 0 Å². The van der Waals surface area contributed by atoms with Gasteiger partial charge in [-0.05, 0) is 63.2 Å². The van der Waals surface area contributed by atoms with Gasteiger partial charge in [-0.25, -0.2) is 0 Å². The number of hydrogen-bond donors (Lipinski definition) is 2. The quantitative estimate of drug-likeness (QED) is 0.811. The standard InChI is InChI=1S/C15H28N2O/c1-11-2-8-14(9-3-11)17-15(18)10-12-4-6-13(16)7-5-12/h11-14H,2-10,16H2,1H3,(H,17,18). The van der Waals surface area contributed by atoms with Crippen LogP contribution in [0.2, 0.25) is 0 Å². The molecule has 0 heterocycles. The molecule has 0 aliphatic heterocycles. The summed E-state index contributed by atoms with van der Waals surface area (Å²) in [5, 5.41) is 3.23. The Morgan fingerprint density at radius 3 is 2.28 bits per heavy atom. The Kier molecular flexibility index (Phi) is 5.04. The Morgan fingerprint density at radius 1 is 1.06 bits per heavy atom. The Morgan fingerprint density at radius 2 is 1.67 bits per heavy atom. The van der Waals surface area contributed by atoms with E-state index in [0.717, 1.165) is 38.0 Å². The van der Waals surface area contributed by atoms with Crippen LogP contribution in [0.1, 0.15) is 64.7 Å². The molecule has 18 heavy (non-hydrogen) atoms. The van der Waals surface area contributed by atoms with Gasteiger partial charge in [0.15, 0.2) is 0 Å². The lowest BCUT2D eigenvalue weighted by Crippen LogP contribution is -2.38. The van der Waals surface area contributed by atoms with Crippen molar-refractivity contribution < 1.29 is 4.79 Å². The topological polar surface area (TPSA) is 55.1 Å². The summed E-state index contributed by atoms with van der Waals surface area (Å²) in [6.07, 6.45) is 10.1. The van der Waals surface area contributed by atoms with Gasteiger partial charge in [0.2, 0.25) is 5.91 Å². The van der Waals surface area contributed by atoms with Crippen LogP contribution >= 0.6 is 0 Å². The zero-order chi connectivity index (χ0) is 13.0. The van der Waals surface area contributed by atoms with Crippen molar-refractivity contribution in [2.45, 2.75) is 76.8 Å². The summed E-state index contributed by atoms with van der Waals surface area (Å²) >= 11 is 0. The summed E-state index contributed by atoms with van der Waals surface area (Å²) in [6.45, 7) is 2.31. The van der Waals surface area contributed by atoms with Crippen molar-refractivity contribution in [2.24, 2.45) is 17.6 Å². The SMILES string of the molecule is CC1CCC(NC(=O)CC2CCC(N)CC2)CC1. The summed E-state index contributed by atoms with van der Waals surface area (Å²) in [4.78, 5) is 12.0. The second kappa shape index (κ2) is 6.55. The van der Waals surface area contributed by atoms with Gasteiger partial charge in [0.25, 0.3) is 0 Å². The summed E-state index contributed by atoms with van der Waals surface area (Å²) in [5.41, 5.74) is 5.89. The van der Waals surface area contributed by atoms with E-state index in [9.17, 15) is 4.79 Å². The van der Waals surface area contributed by atoms with E-state index >= 15 is 0 Å². The first kappa shape index (κ1) is 13.9. The number of nitrogens with one attached hydrogen (secondary N) is 1. The first-order valence-electron chi connectivity index (χ1n) is 7.68. The van der Waals surface area contributed by atoms with Crippen molar-refractivity contribution in [3.8, 4) is 0 Å². The third kappa shape index (κ3) is 4.27. The molecule has 3 heteroatoms. The van der Waals surface area contributed by atoms with Gasteiger partial charge >= 0.3 is 0 Å². The predicted molar refractivity (Wildman–Crippen MR) is 74.1 cm³/mol. The molecule has 3 nitrogen and oxygen atoms in total. The van der Waals surface area contributed by atoms with Gasteiger partial charge in [-0.15, -0.1) is 0 Å². The van der Waals surface area contributed by atoms with Crippen molar-refractivity contribution in [1.29, 1.82) is 0 Å². The van der Waals surface area contributed by atoms with Crippen LogP contribution in [0.4, 0.5) is 0 Å². The highest BCUT2D eigenvalue weighted by Gasteiger charge is 2.23. The van der Waals surface area contributed by atoms with Gasteiger partial charge in [0.1, 0.15) is 0 Å². The second-order valence-corrected chi connectivity index (χ2v) is 6.51. The van der Waals surface area contributed by atoms with Gasteiger partial charge < -0.3 is 11.1 Å². The molecular weight excluding hydrogens is 224 g/mol. The van der Waals surface area contributed by atoms with Crippen LogP contribution in [0.5, 0.6) is 0 Å². The van der Waals surface area contributed by atoms with E-state index in [1.807, 2.05) is 0 Å². The zero-order valence-electron chi connectivity index (χ0n) is 11.7. The van der Waals surface area contributed by atoms with Gasteiger partial charge in [-0.3, -0.25) is 4.79 Å². The average Bonchev–Trinajstić information content (AvgIpc) is 2.35. The van der Waals surface area contributed by atoms with Crippen LogP contribution < -0.4 is 11.1 Å². The molecule has 0 saturated heterocycles. The lowest BCUT2D eigenvalue weighted by Gasteiger charge is -2.29. The fourth-order valence-corrected chi connectivity index (χ4v) is 3.35.